The first-order chi connectivity index (χ1) is 9.00. The third kappa shape index (κ3) is 3.09. The van der Waals surface area contributed by atoms with Crippen molar-refractivity contribution in [2.45, 2.75) is 45.2 Å². The molecule has 0 saturated carbocycles. The van der Waals surface area contributed by atoms with Crippen molar-refractivity contribution < 1.29 is 9.90 Å². The van der Waals surface area contributed by atoms with Crippen LogP contribution in [0, 0.1) is 6.92 Å². The maximum atomic E-state index is 11.4. The summed E-state index contributed by atoms with van der Waals surface area (Å²) in [4.78, 5) is 13.4. The molecule has 0 radical (unpaired) electrons. The highest BCUT2D eigenvalue weighted by atomic mass is 35.5. The van der Waals surface area contributed by atoms with Crippen molar-refractivity contribution in [1.82, 2.24) is 14.7 Å². The Morgan fingerprint density at radius 2 is 2.21 bits per heavy atom. The maximum Gasteiger partial charge on any atom is 0.320 e. The highest BCUT2D eigenvalue weighted by Gasteiger charge is 2.28. The number of aliphatic carboxylic acids is 1. The Hall–Kier alpha value is -1.07. The topological polar surface area (TPSA) is 58.4 Å². The highest BCUT2D eigenvalue weighted by Crippen LogP contribution is 2.24. The number of carboxylic acids is 1. The molecule has 1 aromatic rings. The summed E-state index contributed by atoms with van der Waals surface area (Å²) in [6.07, 6.45) is 3.83. The second kappa shape index (κ2) is 5.92. The van der Waals surface area contributed by atoms with Crippen LogP contribution in [0.1, 0.15) is 37.1 Å². The largest absolute Gasteiger partial charge is 0.480 e. The molecule has 6 heteroatoms. The monoisotopic (exact) mass is 285 g/mol. The van der Waals surface area contributed by atoms with E-state index in [-0.39, 0.29) is 0 Å². The fourth-order valence-corrected chi connectivity index (χ4v) is 2.90. The smallest absolute Gasteiger partial charge is 0.320 e. The summed E-state index contributed by atoms with van der Waals surface area (Å²) in [7, 11) is 1.85. The van der Waals surface area contributed by atoms with Crippen LogP contribution in [0.25, 0.3) is 0 Å². The van der Waals surface area contributed by atoms with E-state index in [0.29, 0.717) is 18.0 Å². The molecule has 0 aromatic carbocycles. The van der Waals surface area contributed by atoms with Gasteiger partial charge in [0.15, 0.2) is 0 Å². The van der Waals surface area contributed by atoms with Gasteiger partial charge in [-0.3, -0.25) is 14.4 Å². The van der Waals surface area contributed by atoms with Crippen molar-refractivity contribution in [2.75, 3.05) is 6.54 Å². The molecule has 0 spiro atoms. The van der Waals surface area contributed by atoms with Gasteiger partial charge in [0.25, 0.3) is 0 Å². The van der Waals surface area contributed by atoms with Gasteiger partial charge in [-0.1, -0.05) is 24.4 Å². The molecule has 1 fully saturated rings. The van der Waals surface area contributed by atoms with Gasteiger partial charge in [-0.2, -0.15) is 5.10 Å². The summed E-state index contributed by atoms with van der Waals surface area (Å²) in [6.45, 7) is 3.22. The van der Waals surface area contributed by atoms with Crippen LogP contribution in [0.15, 0.2) is 0 Å². The van der Waals surface area contributed by atoms with Gasteiger partial charge in [-0.15, -0.1) is 0 Å². The van der Waals surface area contributed by atoms with Crippen LogP contribution in [-0.2, 0) is 18.4 Å². The number of carbonyl (C=O) groups is 1. The lowest BCUT2D eigenvalue weighted by atomic mass is 10.1. The summed E-state index contributed by atoms with van der Waals surface area (Å²) in [5, 5.41) is 14.3. The second-order valence-corrected chi connectivity index (χ2v) is 5.52. The van der Waals surface area contributed by atoms with Crippen LogP contribution in [-0.4, -0.2) is 38.3 Å². The average Bonchev–Trinajstić information content (AvgIpc) is 2.57. The van der Waals surface area contributed by atoms with Gasteiger partial charge in [-0.05, 0) is 26.3 Å². The quantitative estimate of drug-likeness (QED) is 0.925. The molecular formula is C13H20ClN3O2. The summed E-state index contributed by atoms with van der Waals surface area (Å²) >= 11 is 6.24. The fourth-order valence-electron chi connectivity index (χ4n) is 2.68. The zero-order valence-electron chi connectivity index (χ0n) is 11.4. The van der Waals surface area contributed by atoms with Crippen molar-refractivity contribution in [2.24, 2.45) is 7.05 Å². The Labute approximate surface area is 118 Å². The molecule has 1 N–H and O–H groups in total. The Morgan fingerprint density at radius 1 is 1.47 bits per heavy atom. The molecular weight excluding hydrogens is 266 g/mol. The van der Waals surface area contributed by atoms with Crippen LogP contribution < -0.4 is 0 Å². The van der Waals surface area contributed by atoms with Gasteiger partial charge in [0.1, 0.15) is 6.04 Å². The van der Waals surface area contributed by atoms with Gasteiger partial charge < -0.3 is 5.11 Å². The molecule has 19 heavy (non-hydrogen) atoms. The first-order valence-electron chi connectivity index (χ1n) is 6.65. The standard InChI is InChI=1S/C13H20ClN3O2/c1-9-12(14)11(16(2)15-9)8-17-7-5-3-4-6-10(17)13(18)19/h10H,3-8H2,1-2H3,(H,18,19). The Bertz CT molecular complexity index is 473. The van der Waals surface area contributed by atoms with E-state index in [1.807, 2.05) is 18.9 Å². The van der Waals surface area contributed by atoms with Gasteiger partial charge in [0.05, 0.1) is 16.4 Å². The van der Waals surface area contributed by atoms with E-state index in [2.05, 4.69) is 5.10 Å². The second-order valence-electron chi connectivity index (χ2n) is 5.14. The van der Waals surface area contributed by atoms with Gasteiger partial charge in [-0.25, -0.2) is 0 Å². The minimum atomic E-state index is -0.739. The average molecular weight is 286 g/mol. The van der Waals surface area contributed by atoms with E-state index in [1.54, 1.807) is 4.68 Å². The Balaban J connectivity index is 2.21. The minimum Gasteiger partial charge on any atom is -0.480 e. The number of aromatic nitrogens is 2. The number of carboxylic acid groups (broad SMARTS) is 1. The van der Waals surface area contributed by atoms with Gasteiger partial charge in [0.2, 0.25) is 0 Å². The van der Waals surface area contributed by atoms with Crippen LogP contribution in [0.4, 0.5) is 0 Å². The van der Waals surface area contributed by atoms with Crippen molar-refractivity contribution in [3.63, 3.8) is 0 Å². The van der Waals surface area contributed by atoms with E-state index in [9.17, 15) is 9.90 Å². The van der Waals surface area contributed by atoms with E-state index < -0.39 is 12.0 Å². The number of hydrogen-bond acceptors (Lipinski definition) is 3. The first kappa shape index (κ1) is 14.3. The number of hydrogen-bond donors (Lipinski definition) is 1. The van der Waals surface area contributed by atoms with Gasteiger partial charge >= 0.3 is 5.97 Å². The molecule has 106 valence electrons. The van der Waals surface area contributed by atoms with E-state index in [0.717, 1.165) is 37.2 Å². The number of likely N-dealkylation sites (tertiary alicyclic amines) is 1. The third-order valence-corrected chi connectivity index (χ3v) is 4.25. The lowest BCUT2D eigenvalue weighted by Gasteiger charge is -2.26. The Morgan fingerprint density at radius 3 is 2.79 bits per heavy atom. The normalized spacial score (nSPS) is 21.3. The van der Waals surface area contributed by atoms with Crippen molar-refractivity contribution >= 4 is 17.6 Å². The summed E-state index contributed by atoms with van der Waals surface area (Å²) < 4.78 is 1.75. The molecule has 1 unspecified atom stereocenters. The predicted molar refractivity (Wildman–Crippen MR) is 73.3 cm³/mol. The lowest BCUT2D eigenvalue weighted by Crippen LogP contribution is -2.40. The highest BCUT2D eigenvalue weighted by molar-refractivity contribution is 6.31. The maximum absolute atomic E-state index is 11.4. The van der Waals surface area contributed by atoms with E-state index in [1.165, 1.54) is 0 Å². The van der Waals surface area contributed by atoms with Crippen molar-refractivity contribution in [3.05, 3.63) is 16.4 Å². The number of aryl methyl sites for hydroxylation is 2. The molecule has 1 aliphatic rings. The minimum absolute atomic E-state index is 0.409. The number of nitrogens with zero attached hydrogens (tertiary/aromatic N) is 3. The van der Waals surface area contributed by atoms with Gasteiger partial charge in [0, 0.05) is 13.6 Å². The summed E-state index contributed by atoms with van der Waals surface area (Å²) in [5.74, 6) is -0.739. The summed E-state index contributed by atoms with van der Waals surface area (Å²) in [5.41, 5.74) is 1.69. The first-order valence-corrected chi connectivity index (χ1v) is 7.03. The number of halogens is 1. The summed E-state index contributed by atoms with van der Waals surface area (Å²) in [6, 6.07) is -0.409. The molecule has 0 aliphatic carbocycles. The van der Waals surface area contributed by atoms with Crippen LogP contribution >= 0.6 is 11.6 Å². The molecule has 5 nitrogen and oxygen atoms in total. The lowest BCUT2D eigenvalue weighted by molar-refractivity contribution is -0.143. The Kier molecular flexibility index (Phi) is 4.47. The van der Waals surface area contributed by atoms with E-state index in [4.69, 9.17) is 11.6 Å². The molecule has 1 atom stereocenters. The molecule has 1 saturated heterocycles. The van der Waals surface area contributed by atoms with Crippen LogP contribution in [0.2, 0.25) is 5.02 Å². The number of rotatable bonds is 3. The SMILES string of the molecule is Cc1nn(C)c(CN2CCCCCC2C(=O)O)c1Cl. The predicted octanol–water partition coefficient (Wildman–Crippen LogP) is 2.21. The molecule has 2 rings (SSSR count). The molecule has 1 aromatic heterocycles. The van der Waals surface area contributed by atoms with Crippen LogP contribution in [0.3, 0.4) is 0 Å². The van der Waals surface area contributed by atoms with Crippen molar-refractivity contribution in [1.29, 1.82) is 0 Å². The zero-order chi connectivity index (χ0) is 14.0. The van der Waals surface area contributed by atoms with Crippen LogP contribution in [0.5, 0.6) is 0 Å². The van der Waals surface area contributed by atoms with Crippen molar-refractivity contribution in [3.8, 4) is 0 Å². The zero-order valence-corrected chi connectivity index (χ0v) is 12.2. The molecule has 2 heterocycles. The molecule has 1 aliphatic heterocycles. The van der Waals surface area contributed by atoms with E-state index >= 15 is 0 Å². The fraction of sp³-hybridized carbons (Fsp3) is 0.692. The molecule has 0 bridgehead atoms. The third-order valence-electron chi connectivity index (χ3n) is 3.76. The molecule has 0 amide bonds.